The molecule has 0 aromatic heterocycles. The number of amides is 1. The minimum absolute atomic E-state index is 0.0333. The second-order valence-corrected chi connectivity index (χ2v) is 13.6. The molecule has 0 saturated carbocycles. The molecule has 9 nitrogen and oxygen atoms in total. The van der Waals surface area contributed by atoms with Gasteiger partial charge in [-0.3, -0.25) is 15.6 Å². The molecule has 0 aliphatic heterocycles. The van der Waals surface area contributed by atoms with Gasteiger partial charge in [-0.25, -0.2) is 0 Å². The van der Waals surface area contributed by atoms with E-state index in [1.54, 1.807) is 0 Å². The Balaban J connectivity index is 1.79. The Labute approximate surface area is 270 Å². The van der Waals surface area contributed by atoms with Gasteiger partial charge in [-0.15, -0.1) is 0 Å². The number of hydrogen-bond acceptors (Lipinski definition) is 8. The molecule has 0 fully saturated rings. The first-order chi connectivity index (χ1) is 21.2. The molecular weight excluding hydrogens is 617 g/mol. The van der Waals surface area contributed by atoms with E-state index >= 15 is 0 Å². The van der Waals surface area contributed by atoms with Crippen LogP contribution in [0.25, 0.3) is 10.8 Å². The van der Waals surface area contributed by atoms with Crippen molar-refractivity contribution in [1.82, 2.24) is 5.43 Å². The topological polar surface area (TPSA) is 128 Å². The van der Waals surface area contributed by atoms with E-state index in [1.807, 2.05) is 89.2 Å². The van der Waals surface area contributed by atoms with Crippen LogP contribution in [0.15, 0.2) is 42.5 Å². The average Bonchev–Trinajstić information content (AvgIpc) is 3.02. The van der Waals surface area contributed by atoms with Crippen molar-refractivity contribution in [3.63, 3.8) is 0 Å². The lowest BCUT2D eigenvalue weighted by Gasteiger charge is -2.28. The molecule has 0 aliphatic carbocycles. The molecular formula is C32H39Cl2N5O4Si. The zero-order valence-electron chi connectivity index (χ0n) is 25.7. The number of nitrogens with zero attached hydrogens (tertiary/aromatic N) is 2. The monoisotopic (exact) mass is 655 g/mol. The van der Waals surface area contributed by atoms with E-state index in [9.17, 15) is 15.3 Å². The molecule has 44 heavy (non-hydrogen) atoms. The minimum Gasteiger partial charge on any atom is -0.383 e. The fourth-order valence-electron chi connectivity index (χ4n) is 5.08. The number of rotatable bonds is 16. The molecule has 0 radical (unpaired) electrons. The number of anilines is 2. The van der Waals surface area contributed by atoms with Crippen LogP contribution in [0.4, 0.5) is 11.4 Å². The van der Waals surface area contributed by atoms with Gasteiger partial charge in [0.05, 0.1) is 32.5 Å². The average molecular weight is 657 g/mol. The van der Waals surface area contributed by atoms with Crippen LogP contribution in [0, 0.1) is 28.6 Å². The first kappa shape index (κ1) is 35.1. The van der Waals surface area contributed by atoms with Gasteiger partial charge in [0.1, 0.15) is 12.1 Å². The van der Waals surface area contributed by atoms with E-state index in [1.165, 1.54) is 0 Å². The van der Waals surface area contributed by atoms with Crippen LogP contribution in [0.5, 0.6) is 0 Å². The van der Waals surface area contributed by atoms with E-state index in [0.717, 1.165) is 16.3 Å². The van der Waals surface area contributed by atoms with Crippen molar-refractivity contribution in [2.24, 2.45) is 5.92 Å². The number of carbonyl (C=O) groups is 1. The second kappa shape index (κ2) is 16.6. The summed E-state index contributed by atoms with van der Waals surface area (Å²) in [5.41, 5.74) is 6.90. The zero-order chi connectivity index (χ0) is 32.3. The third-order valence-corrected chi connectivity index (χ3v) is 11.4. The highest BCUT2D eigenvalue weighted by Crippen LogP contribution is 2.41. The minimum atomic E-state index is -2.86. The smallest absolute Gasteiger partial charge is 0.383 e. The molecule has 0 spiro atoms. The van der Waals surface area contributed by atoms with Crippen molar-refractivity contribution in [3.8, 4) is 12.1 Å². The van der Waals surface area contributed by atoms with Gasteiger partial charge in [0.15, 0.2) is 0 Å². The van der Waals surface area contributed by atoms with Crippen LogP contribution in [-0.2, 0) is 18.1 Å². The summed E-state index contributed by atoms with van der Waals surface area (Å²) in [6.45, 7) is 11.3. The van der Waals surface area contributed by atoms with Gasteiger partial charge >= 0.3 is 8.80 Å². The Morgan fingerprint density at radius 3 is 2.09 bits per heavy atom. The number of fused-ring (bicyclic) bond motifs is 1. The lowest BCUT2D eigenvalue weighted by molar-refractivity contribution is -0.124. The molecule has 234 valence electrons. The highest BCUT2D eigenvalue weighted by Gasteiger charge is 2.39. The Hall–Kier alpha value is -3.35. The molecule has 3 aromatic carbocycles. The zero-order valence-corrected chi connectivity index (χ0v) is 28.2. The van der Waals surface area contributed by atoms with Crippen molar-refractivity contribution in [2.75, 3.05) is 37.1 Å². The lowest BCUT2D eigenvalue weighted by atomic mass is 9.85. The quantitative estimate of drug-likeness (QED) is 0.0816. The standard InChI is InChI=1S/C32H39Cl2N5O4Si/c1-6-41-44(42-7-2,43-8-3)18-12-17-37-30-26(19-35)28(33)27(20-36)31(29(30)34)38-39-32(40)22(5)21(4)24-16-11-14-23-13-9-10-15-25(23)24/h9-11,13-16,21-22,37-38H,6-8,12,17-18H2,1-5H3,(H,39,40)/t21-,22?/m1/s1. The van der Waals surface area contributed by atoms with Crippen molar-refractivity contribution >= 4 is 60.1 Å². The first-order valence-electron chi connectivity index (χ1n) is 14.7. The van der Waals surface area contributed by atoms with E-state index < -0.39 is 14.7 Å². The third-order valence-electron chi connectivity index (χ3n) is 7.44. The molecule has 12 heteroatoms. The van der Waals surface area contributed by atoms with Gasteiger partial charge in [-0.1, -0.05) is 79.5 Å². The summed E-state index contributed by atoms with van der Waals surface area (Å²) in [4.78, 5) is 13.3. The van der Waals surface area contributed by atoms with Gasteiger partial charge in [0.2, 0.25) is 5.91 Å². The van der Waals surface area contributed by atoms with Gasteiger partial charge in [-0.05, 0) is 49.4 Å². The highest BCUT2D eigenvalue weighted by molar-refractivity contribution is 6.60. The predicted molar refractivity (Wildman–Crippen MR) is 178 cm³/mol. The summed E-state index contributed by atoms with van der Waals surface area (Å²) in [6, 6.07) is 18.7. The molecule has 0 heterocycles. The summed E-state index contributed by atoms with van der Waals surface area (Å²) in [5, 5.41) is 25.1. The first-order valence-corrected chi connectivity index (χ1v) is 17.4. The van der Waals surface area contributed by atoms with E-state index in [4.69, 9.17) is 36.5 Å². The number of halogens is 2. The second-order valence-electron chi connectivity index (χ2n) is 10.1. The number of carbonyl (C=O) groups excluding carboxylic acids is 1. The SMILES string of the molecule is CCO[Si](CCCNc1c(Cl)c(NNC(=O)C(C)[C@@H](C)c2cccc3ccccc23)c(C#N)c(Cl)c1C#N)(OCC)OCC. The maximum Gasteiger partial charge on any atom is 0.500 e. The van der Waals surface area contributed by atoms with E-state index in [2.05, 4.69) is 16.2 Å². The Kier molecular flexibility index (Phi) is 13.3. The number of nitriles is 2. The Morgan fingerprint density at radius 2 is 1.48 bits per heavy atom. The van der Waals surface area contributed by atoms with E-state index in [0.29, 0.717) is 38.8 Å². The van der Waals surface area contributed by atoms with Gasteiger partial charge in [0.25, 0.3) is 0 Å². The lowest BCUT2D eigenvalue weighted by Crippen LogP contribution is -2.46. The van der Waals surface area contributed by atoms with Crippen LogP contribution >= 0.6 is 23.2 Å². The molecule has 1 unspecified atom stereocenters. The normalized spacial score (nSPS) is 12.7. The number of hydrazine groups is 1. The molecule has 3 aromatic rings. The molecule has 0 bridgehead atoms. The van der Waals surface area contributed by atoms with Gasteiger partial charge < -0.3 is 18.6 Å². The summed E-state index contributed by atoms with van der Waals surface area (Å²) >= 11 is 13.3. The van der Waals surface area contributed by atoms with Crippen LogP contribution in [0.1, 0.15) is 63.6 Å². The van der Waals surface area contributed by atoms with Gasteiger partial charge in [-0.2, -0.15) is 10.5 Å². The molecule has 0 aliphatic rings. The fourth-order valence-corrected chi connectivity index (χ4v) is 8.27. The van der Waals surface area contributed by atoms with Crippen molar-refractivity contribution < 1.29 is 18.1 Å². The Bertz CT molecular complexity index is 1520. The van der Waals surface area contributed by atoms with E-state index in [-0.39, 0.29) is 44.4 Å². The predicted octanol–water partition coefficient (Wildman–Crippen LogP) is 7.62. The largest absolute Gasteiger partial charge is 0.500 e. The number of benzene rings is 3. The molecule has 3 rings (SSSR count). The molecule has 0 saturated heterocycles. The summed E-state index contributed by atoms with van der Waals surface area (Å²) in [5.74, 6) is -0.852. The van der Waals surface area contributed by atoms with Crippen LogP contribution in [0.2, 0.25) is 16.1 Å². The molecule has 2 atom stereocenters. The maximum absolute atomic E-state index is 13.3. The van der Waals surface area contributed by atoms with Crippen molar-refractivity contribution in [1.29, 1.82) is 10.5 Å². The summed E-state index contributed by atoms with van der Waals surface area (Å²) < 4.78 is 17.8. The maximum atomic E-state index is 13.3. The van der Waals surface area contributed by atoms with Crippen LogP contribution in [0.3, 0.4) is 0 Å². The van der Waals surface area contributed by atoms with Crippen molar-refractivity contribution in [3.05, 3.63) is 69.2 Å². The third kappa shape index (κ3) is 8.02. The van der Waals surface area contributed by atoms with Crippen molar-refractivity contribution in [2.45, 2.75) is 53.0 Å². The highest BCUT2D eigenvalue weighted by atomic mass is 35.5. The molecule has 3 N–H and O–H groups in total. The summed E-state index contributed by atoms with van der Waals surface area (Å²) in [7, 11) is -2.86. The Morgan fingerprint density at radius 1 is 0.886 bits per heavy atom. The molecule has 1 amide bonds. The van der Waals surface area contributed by atoms with Crippen LogP contribution in [-0.4, -0.2) is 41.1 Å². The fraction of sp³-hybridized carbons (Fsp3) is 0.406. The number of hydrogen-bond donors (Lipinski definition) is 3. The van der Waals surface area contributed by atoms with Crippen LogP contribution < -0.4 is 16.2 Å². The number of nitrogens with one attached hydrogen (secondary N) is 3. The van der Waals surface area contributed by atoms with Gasteiger partial charge in [0, 0.05) is 38.3 Å². The summed E-state index contributed by atoms with van der Waals surface area (Å²) in [6.07, 6.45) is 0.591.